The van der Waals surface area contributed by atoms with Gasteiger partial charge >= 0.3 is 0 Å². The minimum atomic E-state index is -0.00593. The molecule has 16 heavy (non-hydrogen) atoms. The fraction of sp³-hybridized carbons (Fsp3) is 0.250. The molecule has 0 fully saturated rings. The molecule has 4 heteroatoms. The van der Waals surface area contributed by atoms with E-state index in [0.29, 0.717) is 0 Å². The van der Waals surface area contributed by atoms with Gasteiger partial charge in [0, 0.05) is 18.8 Å². The lowest BCUT2D eigenvalue weighted by Crippen LogP contribution is -2.28. The Morgan fingerprint density at radius 2 is 2.19 bits per heavy atom. The maximum atomic E-state index is 5.61. The summed E-state index contributed by atoms with van der Waals surface area (Å²) in [7, 11) is 1.90. The number of aromatic nitrogens is 2. The molecular weight excluding hydrogens is 200 g/mol. The number of rotatable bonds is 3. The summed E-state index contributed by atoms with van der Waals surface area (Å²) in [6, 6.07) is 8.28. The fourth-order valence-electron chi connectivity index (χ4n) is 1.82. The van der Waals surface area contributed by atoms with Gasteiger partial charge in [-0.05, 0) is 12.5 Å². The monoisotopic (exact) mass is 216 g/mol. The predicted octanol–water partition coefficient (Wildman–Crippen LogP) is 1.28. The predicted molar refractivity (Wildman–Crippen MR) is 63.6 cm³/mol. The van der Waals surface area contributed by atoms with Crippen molar-refractivity contribution in [3.8, 4) is 0 Å². The number of nitrogens with one attached hydrogen (secondary N) is 1. The highest BCUT2D eigenvalue weighted by Gasteiger charge is 2.13. The number of nitrogens with two attached hydrogens (primary N) is 1. The van der Waals surface area contributed by atoms with Crippen molar-refractivity contribution in [1.82, 2.24) is 15.2 Å². The normalized spacial score (nSPS) is 12.7. The highest BCUT2D eigenvalue weighted by Crippen LogP contribution is 2.21. The van der Waals surface area contributed by atoms with Gasteiger partial charge in [-0.15, -0.1) is 0 Å². The molecule has 0 spiro atoms. The van der Waals surface area contributed by atoms with E-state index in [1.807, 2.05) is 25.5 Å². The lowest BCUT2D eigenvalue weighted by atomic mass is 10.0. The Labute approximate surface area is 95.1 Å². The summed E-state index contributed by atoms with van der Waals surface area (Å²) in [5.41, 5.74) is 6.26. The molecule has 1 unspecified atom stereocenters. The number of hydrogen-bond acceptors (Lipinski definition) is 3. The van der Waals surface area contributed by atoms with Gasteiger partial charge in [0.2, 0.25) is 0 Å². The third-order valence-corrected chi connectivity index (χ3v) is 2.60. The quantitative estimate of drug-likeness (QED) is 0.600. The number of hydrogen-bond donors (Lipinski definition) is 2. The van der Waals surface area contributed by atoms with Gasteiger partial charge in [0.05, 0.1) is 12.2 Å². The molecule has 0 radical (unpaired) electrons. The first-order chi connectivity index (χ1) is 7.70. The maximum absolute atomic E-state index is 5.61. The van der Waals surface area contributed by atoms with E-state index in [0.717, 1.165) is 11.1 Å². The molecule has 1 heterocycles. The minimum absolute atomic E-state index is 0.00593. The molecule has 0 aliphatic carbocycles. The Hall–Kier alpha value is -1.65. The zero-order valence-electron chi connectivity index (χ0n) is 9.51. The van der Waals surface area contributed by atoms with Crippen LogP contribution in [0.5, 0.6) is 0 Å². The van der Waals surface area contributed by atoms with Gasteiger partial charge in [0.25, 0.3) is 0 Å². The average Bonchev–Trinajstić information content (AvgIpc) is 2.66. The van der Waals surface area contributed by atoms with Crippen LogP contribution >= 0.6 is 0 Å². The molecule has 2 rings (SSSR count). The van der Waals surface area contributed by atoms with Gasteiger partial charge in [-0.2, -0.15) is 5.10 Å². The van der Waals surface area contributed by atoms with Crippen molar-refractivity contribution in [3.63, 3.8) is 0 Å². The van der Waals surface area contributed by atoms with Crippen molar-refractivity contribution in [2.24, 2.45) is 12.9 Å². The standard InChI is InChI=1S/C12H16N4/c1-9-4-3-5-10(6-9)12(15-13)11-7-14-16(2)8-11/h3-8,12,15H,13H2,1-2H3. The van der Waals surface area contributed by atoms with Crippen LogP contribution in [0.25, 0.3) is 0 Å². The first-order valence-electron chi connectivity index (χ1n) is 5.22. The Bertz CT molecular complexity index is 475. The molecule has 0 aliphatic rings. The molecule has 1 atom stereocenters. The Balaban J connectivity index is 2.36. The van der Waals surface area contributed by atoms with Crippen molar-refractivity contribution in [2.75, 3.05) is 0 Å². The zero-order valence-corrected chi connectivity index (χ0v) is 9.51. The minimum Gasteiger partial charge on any atom is -0.275 e. The average molecular weight is 216 g/mol. The van der Waals surface area contributed by atoms with Crippen LogP contribution < -0.4 is 11.3 Å². The van der Waals surface area contributed by atoms with Crippen LogP contribution in [-0.4, -0.2) is 9.78 Å². The van der Waals surface area contributed by atoms with E-state index in [1.54, 1.807) is 4.68 Å². The molecule has 1 aromatic heterocycles. The maximum Gasteiger partial charge on any atom is 0.0740 e. The van der Waals surface area contributed by atoms with Crippen LogP contribution in [0.3, 0.4) is 0 Å². The molecule has 4 nitrogen and oxygen atoms in total. The largest absolute Gasteiger partial charge is 0.275 e. The van der Waals surface area contributed by atoms with Crippen LogP contribution in [0.4, 0.5) is 0 Å². The molecule has 0 saturated carbocycles. The van der Waals surface area contributed by atoms with Crippen LogP contribution in [0.15, 0.2) is 36.7 Å². The summed E-state index contributed by atoms with van der Waals surface area (Å²) in [6.45, 7) is 2.07. The molecule has 0 aliphatic heterocycles. The topological polar surface area (TPSA) is 55.9 Å². The molecule has 0 bridgehead atoms. The summed E-state index contributed by atoms with van der Waals surface area (Å²) in [5.74, 6) is 5.61. The molecular formula is C12H16N4. The molecule has 84 valence electrons. The van der Waals surface area contributed by atoms with E-state index in [-0.39, 0.29) is 6.04 Å². The summed E-state index contributed by atoms with van der Waals surface area (Å²) in [4.78, 5) is 0. The summed E-state index contributed by atoms with van der Waals surface area (Å²) < 4.78 is 1.77. The van der Waals surface area contributed by atoms with Crippen molar-refractivity contribution < 1.29 is 0 Å². The number of hydrazine groups is 1. The van der Waals surface area contributed by atoms with E-state index in [9.17, 15) is 0 Å². The van der Waals surface area contributed by atoms with Gasteiger partial charge < -0.3 is 0 Å². The van der Waals surface area contributed by atoms with E-state index >= 15 is 0 Å². The summed E-state index contributed by atoms with van der Waals surface area (Å²) >= 11 is 0. The second kappa shape index (κ2) is 4.47. The second-order valence-corrected chi connectivity index (χ2v) is 3.96. The number of nitrogens with zero attached hydrogens (tertiary/aromatic N) is 2. The highest BCUT2D eigenvalue weighted by atomic mass is 15.3. The van der Waals surface area contributed by atoms with Crippen LogP contribution in [-0.2, 0) is 7.05 Å². The lowest BCUT2D eigenvalue weighted by Gasteiger charge is -2.14. The summed E-state index contributed by atoms with van der Waals surface area (Å²) in [5, 5.41) is 4.15. The SMILES string of the molecule is Cc1cccc(C(NN)c2cnn(C)c2)c1. The smallest absolute Gasteiger partial charge is 0.0740 e. The third kappa shape index (κ3) is 2.13. The van der Waals surface area contributed by atoms with Gasteiger partial charge in [0.15, 0.2) is 0 Å². The van der Waals surface area contributed by atoms with E-state index in [4.69, 9.17) is 5.84 Å². The molecule has 0 amide bonds. The van der Waals surface area contributed by atoms with Crippen LogP contribution in [0, 0.1) is 6.92 Å². The van der Waals surface area contributed by atoms with Gasteiger partial charge in [-0.3, -0.25) is 10.5 Å². The molecule has 0 saturated heterocycles. The van der Waals surface area contributed by atoms with Crippen LogP contribution in [0.2, 0.25) is 0 Å². The van der Waals surface area contributed by atoms with E-state index < -0.39 is 0 Å². The third-order valence-electron chi connectivity index (χ3n) is 2.60. The zero-order chi connectivity index (χ0) is 11.5. The van der Waals surface area contributed by atoms with E-state index in [1.165, 1.54) is 5.56 Å². The molecule has 1 aromatic carbocycles. The van der Waals surface area contributed by atoms with Gasteiger partial charge in [0.1, 0.15) is 0 Å². The van der Waals surface area contributed by atoms with Gasteiger partial charge in [-0.25, -0.2) is 5.43 Å². The summed E-state index contributed by atoms with van der Waals surface area (Å²) in [6.07, 6.45) is 3.79. The van der Waals surface area contributed by atoms with Crippen molar-refractivity contribution >= 4 is 0 Å². The fourth-order valence-corrected chi connectivity index (χ4v) is 1.82. The first kappa shape index (κ1) is 10.9. The second-order valence-electron chi connectivity index (χ2n) is 3.96. The first-order valence-corrected chi connectivity index (χ1v) is 5.22. The van der Waals surface area contributed by atoms with Crippen LogP contribution in [0.1, 0.15) is 22.7 Å². The Kier molecular flexibility index (Phi) is 3.03. The number of benzene rings is 1. The highest BCUT2D eigenvalue weighted by molar-refractivity contribution is 5.31. The number of aryl methyl sites for hydroxylation is 2. The Morgan fingerprint density at radius 3 is 2.75 bits per heavy atom. The van der Waals surface area contributed by atoms with Gasteiger partial charge in [-0.1, -0.05) is 29.8 Å². The lowest BCUT2D eigenvalue weighted by molar-refractivity contribution is 0.635. The van der Waals surface area contributed by atoms with Crippen molar-refractivity contribution in [3.05, 3.63) is 53.3 Å². The van der Waals surface area contributed by atoms with Crippen molar-refractivity contribution in [2.45, 2.75) is 13.0 Å². The van der Waals surface area contributed by atoms with E-state index in [2.05, 4.69) is 35.6 Å². The van der Waals surface area contributed by atoms with Crippen molar-refractivity contribution in [1.29, 1.82) is 0 Å². The Morgan fingerprint density at radius 1 is 1.38 bits per heavy atom. The molecule has 2 aromatic rings. The molecule has 3 N–H and O–H groups in total.